The fourth-order valence-electron chi connectivity index (χ4n) is 6.68. The van der Waals surface area contributed by atoms with Crippen molar-refractivity contribution in [2.75, 3.05) is 6.54 Å². The number of fused-ring (bicyclic) bond motifs is 2. The number of ether oxygens (including phenoxy) is 1. The van der Waals surface area contributed by atoms with Gasteiger partial charge in [0.1, 0.15) is 5.60 Å². The summed E-state index contributed by atoms with van der Waals surface area (Å²) in [6.07, 6.45) is 1.70. The average molecular weight is 493 g/mol. The van der Waals surface area contributed by atoms with Gasteiger partial charge in [-0.2, -0.15) is 0 Å². The van der Waals surface area contributed by atoms with E-state index in [1.807, 2.05) is 25.7 Å². The van der Waals surface area contributed by atoms with Crippen LogP contribution in [-0.2, 0) is 9.16 Å². The Morgan fingerprint density at radius 2 is 1.43 bits per heavy atom. The smallest absolute Gasteiger partial charge is 0.410 e. The first-order valence-electron chi connectivity index (χ1n) is 13.0. The molecule has 3 fully saturated rings. The van der Waals surface area contributed by atoms with Gasteiger partial charge in [-0.25, -0.2) is 4.79 Å². The largest absolute Gasteiger partial charge is 0.444 e. The van der Waals surface area contributed by atoms with Crippen molar-refractivity contribution in [1.29, 1.82) is 0 Å². The number of rotatable bonds is 4. The van der Waals surface area contributed by atoms with Crippen molar-refractivity contribution in [3.8, 4) is 0 Å². The van der Waals surface area contributed by atoms with Crippen LogP contribution < -0.4 is 15.7 Å². The first-order chi connectivity index (χ1) is 16.5. The second-order valence-electron chi connectivity index (χ2n) is 12.5. The molecule has 1 amide bonds. The van der Waals surface area contributed by atoms with Crippen molar-refractivity contribution in [3.05, 3.63) is 60.7 Å². The van der Waals surface area contributed by atoms with Crippen LogP contribution in [0.5, 0.6) is 0 Å². The minimum atomic E-state index is -2.74. The van der Waals surface area contributed by atoms with E-state index in [2.05, 4.69) is 86.8 Å². The summed E-state index contributed by atoms with van der Waals surface area (Å²) in [6.45, 7) is 13.8. The van der Waals surface area contributed by atoms with Gasteiger partial charge in [0.05, 0.1) is 24.2 Å². The maximum atomic E-state index is 13.4. The monoisotopic (exact) mass is 492 g/mol. The summed E-state index contributed by atoms with van der Waals surface area (Å²) in [7, 11) is -2.74. The highest BCUT2D eigenvalue weighted by molar-refractivity contribution is 6.99. The van der Waals surface area contributed by atoms with Gasteiger partial charge in [0.15, 0.2) is 0 Å². The van der Waals surface area contributed by atoms with Crippen LogP contribution in [0.4, 0.5) is 4.79 Å². The minimum absolute atomic E-state index is 0.0234. The lowest BCUT2D eigenvalue weighted by Crippen LogP contribution is -2.69. The molecule has 0 aliphatic carbocycles. The van der Waals surface area contributed by atoms with Crippen LogP contribution in [0.1, 0.15) is 54.4 Å². The number of hydrogen-bond acceptors (Lipinski definition) is 4. The molecule has 1 unspecified atom stereocenters. The van der Waals surface area contributed by atoms with Gasteiger partial charge in [-0.05, 0) is 61.5 Å². The zero-order valence-corrected chi connectivity index (χ0v) is 23.0. The van der Waals surface area contributed by atoms with E-state index in [4.69, 9.17) is 9.16 Å². The molecule has 2 aromatic carbocycles. The molecule has 3 aliphatic heterocycles. The molecular weight excluding hydrogens is 452 g/mol. The third-order valence-corrected chi connectivity index (χ3v) is 13.0. The van der Waals surface area contributed by atoms with Crippen molar-refractivity contribution in [1.82, 2.24) is 10.2 Å². The van der Waals surface area contributed by atoms with Crippen molar-refractivity contribution >= 4 is 24.8 Å². The van der Waals surface area contributed by atoms with Crippen LogP contribution >= 0.6 is 0 Å². The predicted molar refractivity (Wildman–Crippen MR) is 143 cm³/mol. The number of nitrogens with zero attached hydrogens (tertiary/aromatic N) is 1. The summed E-state index contributed by atoms with van der Waals surface area (Å²) >= 11 is 0. The molecule has 1 N–H and O–H groups in total. The third-order valence-electron chi connectivity index (χ3n) is 7.99. The van der Waals surface area contributed by atoms with Crippen molar-refractivity contribution in [2.24, 2.45) is 5.92 Å². The van der Waals surface area contributed by atoms with E-state index in [1.54, 1.807) is 0 Å². The highest BCUT2D eigenvalue weighted by Crippen LogP contribution is 2.47. The quantitative estimate of drug-likeness (QED) is 0.647. The Labute approximate surface area is 211 Å². The molecule has 3 heterocycles. The molecule has 5 rings (SSSR count). The SMILES string of the molecule is CC(C)(C)OC(=O)N1[C@@H]2C[C@@H]3CNC2[C@@H](O[Si](c2ccccc2)(c2ccccc2)C(C)(C)C)[C@H]1C3. The molecular formula is C29H40N2O3Si. The number of amides is 1. The maximum absolute atomic E-state index is 13.4. The Bertz CT molecular complexity index is 1010. The molecule has 2 aromatic rings. The first kappa shape index (κ1) is 24.5. The zero-order valence-electron chi connectivity index (χ0n) is 22.0. The lowest BCUT2D eigenvalue weighted by atomic mass is 9.88. The van der Waals surface area contributed by atoms with E-state index in [1.165, 1.54) is 10.4 Å². The maximum Gasteiger partial charge on any atom is 0.410 e. The molecule has 0 spiro atoms. The Hall–Kier alpha value is -2.15. The summed E-state index contributed by atoms with van der Waals surface area (Å²) in [5.74, 6) is 0.577. The van der Waals surface area contributed by atoms with Gasteiger partial charge < -0.3 is 14.5 Å². The fraction of sp³-hybridized carbons (Fsp3) is 0.552. The molecule has 3 bridgehead atoms. The van der Waals surface area contributed by atoms with Crippen molar-refractivity contribution in [3.63, 3.8) is 0 Å². The topological polar surface area (TPSA) is 50.8 Å². The first-order valence-corrected chi connectivity index (χ1v) is 15.0. The van der Waals surface area contributed by atoms with Crippen LogP contribution in [0.3, 0.4) is 0 Å². The van der Waals surface area contributed by atoms with E-state index in [0.29, 0.717) is 5.92 Å². The van der Waals surface area contributed by atoms with E-state index >= 15 is 0 Å². The summed E-state index contributed by atoms with van der Waals surface area (Å²) in [5.41, 5.74) is -0.519. The second-order valence-corrected chi connectivity index (χ2v) is 16.8. The standard InChI is InChI=1S/C29H40N2O3Si/c1-28(2,3)33-27(32)31-23-17-20-18-24(31)26(25(23)30-19-20)34-35(29(4,5)6,21-13-9-7-10-14-21)22-15-11-8-12-16-22/h7-16,20,23-26,30H,17-19H2,1-6H3/t20-,23+,24+,25?,26-/m0/s1. The average Bonchev–Trinajstić information content (AvgIpc) is 2.88. The fourth-order valence-corrected chi connectivity index (χ4v) is 11.4. The second kappa shape index (κ2) is 8.75. The zero-order chi connectivity index (χ0) is 25.0. The van der Waals surface area contributed by atoms with Crippen molar-refractivity contribution < 1.29 is 14.0 Å². The molecule has 0 aromatic heterocycles. The van der Waals surface area contributed by atoms with E-state index in [9.17, 15) is 4.79 Å². The van der Waals surface area contributed by atoms with Crippen LogP contribution in [0.15, 0.2) is 60.7 Å². The van der Waals surface area contributed by atoms with Gasteiger partial charge in [0.2, 0.25) is 0 Å². The van der Waals surface area contributed by atoms with Gasteiger partial charge in [0.25, 0.3) is 8.32 Å². The number of carbonyl (C=O) groups is 1. The highest BCUT2D eigenvalue weighted by Gasteiger charge is 2.62. The Kier molecular flexibility index (Phi) is 6.13. The molecule has 188 valence electrons. The van der Waals surface area contributed by atoms with Gasteiger partial charge in [-0.1, -0.05) is 81.4 Å². The van der Waals surface area contributed by atoms with E-state index in [-0.39, 0.29) is 35.4 Å². The van der Waals surface area contributed by atoms with Crippen LogP contribution in [0.25, 0.3) is 0 Å². The lowest BCUT2D eigenvalue weighted by Gasteiger charge is -2.46. The third kappa shape index (κ3) is 4.24. The van der Waals surface area contributed by atoms with Crippen LogP contribution in [0.2, 0.25) is 5.04 Å². The number of hydrogen-bond donors (Lipinski definition) is 1. The number of nitrogens with one attached hydrogen (secondary N) is 1. The van der Waals surface area contributed by atoms with Crippen molar-refractivity contribution in [2.45, 2.75) is 89.3 Å². The molecule has 0 radical (unpaired) electrons. The molecule has 5 atom stereocenters. The number of benzene rings is 2. The summed E-state index contributed by atoms with van der Waals surface area (Å²) in [5, 5.41) is 6.24. The molecule has 35 heavy (non-hydrogen) atoms. The molecule has 5 nitrogen and oxygen atoms in total. The van der Waals surface area contributed by atoms with Crippen LogP contribution in [0, 0.1) is 5.92 Å². The Morgan fingerprint density at radius 3 is 1.94 bits per heavy atom. The summed E-state index contributed by atoms with van der Waals surface area (Å²) in [4.78, 5) is 15.5. The molecule has 3 saturated heterocycles. The lowest BCUT2D eigenvalue weighted by molar-refractivity contribution is -0.00693. The Balaban J connectivity index is 1.60. The van der Waals surface area contributed by atoms with Gasteiger partial charge in [-0.3, -0.25) is 4.90 Å². The van der Waals surface area contributed by atoms with Crippen LogP contribution in [-0.4, -0.2) is 55.7 Å². The van der Waals surface area contributed by atoms with Gasteiger partial charge in [-0.15, -0.1) is 0 Å². The van der Waals surface area contributed by atoms with E-state index < -0.39 is 13.9 Å². The molecule has 3 aliphatic rings. The number of piperidine rings is 2. The molecule has 6 heteroatoms. The van der Waals surface area contributed by atoms with E-state index in [0.717, 1.165) is 19.4 Å². The predicted octanol–water partition coefficient (Wildman–Crippen LogP) is 4.30. The highest BCUT2D eigenvalue weighted by atomic mass is 28.4. The number of carbonyl (C=O) groups excluding carboxylic acids is 1. The van der Waals surface area contributed by atoms with Gasteiger partial charge >= 0.3 is 6.09 Å². The normalized spacial score (nSPS) is 28.3. The van der Waals surface area contributed by atoms with Gasteiger partial charge in [0, 0.05) is 0 Å². The summed E-state index contributed by atoms with van der Waals surface area (Å²) < 4.78 is 13.5. The minimum Gasteiger partial charge on any atom is -0.444 e. The Morgan fingerprint density at radius 1 is 0.886 bits per heavy atom. The summed E-state index contributed by atoms with van der Waals surface area (Å²) in [6, 6.07) is 21.9. The molecule has 0 saturated carbocycles.